The van der Waals surface area contributed by atoms with Gasteiger partial charge in [-0.05, 0) is 6.42 Å². The van der Waals surface area contributed by atoms with Crippen LogP contribution in [-0.2, 0) is 14.4 Å². The smallest absolute Gasteiger partial charge is 0.341 e. The number of carboxylic acids is 2. The van der Waals surface area contributed by atoms with Crippen LogP contribution in [0.2, 0.25) is 0 Å². The first-order chi connectivity index (χ1) is 5.86. The van der Waals surface area contributed by atoms with Crippen LogP contribution in [0.3, 0.4) is 0 Å². The average molecular weight is 189 g/mol. The van der Waals surface area contributed by atoms with Crippen molar-refractivity contribution in [3.8, 4) is 0 Å². The molecule has 0 aromatic carbocycles. The molecular weight excluding hydrogens is 178 g/mol. The van der Waals surface area contributed by atoms with E-state index in [2.05, 4.69) is 0 Å². The fraction of sp³-hybridized carbons (Fsp3) is 0.571. The monoisotopic (exact) mass is 189 g/mol. The van der Waals surface area contributed by atoms with Gasteiger partial charge in [-0.3, -0.25) is 4.79 Å². The predicted molar refractivity (Wildman–Crippen MR) is 42.1 cm³/mol. The van der Waals surface area contributed by atoms with Crippen LogP contribution < -0.4 is 5.32 Å². The molecule has 0 unspecified atom stereocenters. The first kappa shape index (κ1) is 11.4. The van der Waals surface area contributed by atoms with Gasteiger partial charge in [-0.15, -0.1) is 0 Å². The molecule has 0 spiro atoms. The minimum atomic E-state index is -2.20. The number of nitrogens with one attached hydrogen (secondary N) is 1. The number of carbonyl (C=O) groups excluding carboxylic acids is 1. The van der Waals surface area contributed by atoms with E-state index in [1.54, 1.807) is 0 Å². The SMILES string of the molecule is CCC(NC(C)=O)(C(=O)O)C(=O)O. The lowest BCUT2D eigenvalue weighted by molar-refractivity contribution is -0.161. The Morgan fingerprint density at radius 3 is 1.69 bits per heavy atom. The molecule has 1 amide bonds. The van der Waals surface area contributed by atoms with Crippen LogP contribution in [0.25, 0.3) is 0 Å². The number of rotatable bonds is 4. The van der Waals surface area contributed by atoms with Crippen molar-refractivity contribution in [1.29, 1.82) is 0 Å². The van der Waals surface area contributed by atoms with Crippen molar-refractivity contribution in [2.45, 2.75) is 25.8 Å². The molecule has 13 heavy (non-hydrogen) atoms. The van der Waals surface area contributed by atoms with Crippen molar-refractivity contribution >= 4 is 17.8 Å². The van der Waals surface area contributed by atoms with E-state index in [0.717, 1.165) is 6.92 Å². The normalized spacial score (nSPS) is 10.6. The largest absolute Gasteiger partial charge is 0.479 e. The Morgan fingerprint density at radius 2 is 1.62 bits per heavy atom. The van der Waals surface area contributed by atoms with Crippen molar-refractivity contribution in [3.05, 3.63) is 0 Å². The minimum absolute atomic E-state index is 0.211. The average Bonchev–Trinajstić information content (AvgIpc) is 1.98. The highest BCUT2D eigenvalue weighted by atomic mass is 16.4. The van der Waals surface area contributed by atoms with Crippen molar-refractivity contribution in [2.24, 2.45) is 0 Å². The summed E-state index contributed by atoms with van der Waals surface area (Å²) in [5.41, 5.74) is -2.20. The van der Waals surface area contributed by atoms with Crippen LogP contribution in [0.1, 0.15) is 20.3 Å². The Kier molecular flexibility index (Phi) is 3.41. The molecule has 3 N–H and O–H groups in total. The van der Waals surface area contributed by atoms with Gasteiger partial charge in [-0.25, -0.2) is 9.59 Å². The number of aliphatic carboxylic acids is 2. The first-order valence-corrected chi connectivity index (χ1v) is 3.62. The second-order valence-electron chi connectivity index (χ2n) is 2.55. The van der Waals surface area contributed by atoms with E-state index in [9.17, 15) is 14.4 Å². The molecular formula is C7H11NO5. The molecule has 6 heteroatoms. The maximum Gasteiger partial charge on any atom is 0.341 e. The number of carbonyl (C=O) groups is 3. The Morgan fingerprint density at radius 1 is 1.23 bits per heavy atom. The summed E-state index contributed by atoms with van der Waals surface area (Å²) in [5.74, 6) is -3.83. The first-order valence-electron chi connectivity index (χ1n) is 3.62. The van der Waals surface area contributed by atoms with Crippen molar-refractivity contribution in [2.75, 3.05) is 0 Å². The fourth-order valence-corrected chi connectivity index (χ4v) is 0.890. The minimum Gasteiger partial charge on any atom is -0.479 e. The number of hydrogen-bond acceptors (Lipinski definition) is 3. The standard InChI is InChI=1S/C7H11NO5/c1-3-7(5(10)11,6(12)13)8-4(2)9/h3H2,1-2H3,(H,8,9)(H,10,11)(H,12,13). The molecule has 0 aromatic rings. The highest BCUT2D eigenvalue weighted by Crippen LogP contribution is 2.10. The second kappa shape index (κ2) is 3.88. The number of carboxylic acid groups (broad SMARTS) is 2. The molecule has 0 saturated heterocycles. The summed E-state index contributed by atoms with van der Waals surface area (Å²) in [6.45, 7) is 2.44. The summed E-state index contributed by atoms with van der Waals surface area (Å²) in [4.78, 5) is 31.9. The quantitative estimate of drug-likeness (QED) is 0.514. The molecule has 0 bridgehead atoms. The summed E-state index contributed by atoms with van der Waals surface area (Å²) in [6, 6.07) is 0. The van der Waals surface area contributed by atoms with Gasteiger partial charge < -0.3 is 15.5 Å². The third-order valence-electron chi connectivity index (χ3n) is 1.65. The summed E-state index contributed by atoms with van der Waals surface area (Å²) in [7, 11) is 0. The van der Waals surface area contributed by atoms with E-state index in [-0.39, 0.29) is 6.42 Å². The topological polar surface area (TPSA) is 104 Å². The lowest BCUT2D eigenvalue weighted by atomic mass is 9.96. The van der Waals surface area contributed by atoms with Gasteiger partial charge in [0.25, 0.3) is 0 Å². The zero-order valence-corrected chi connectivity index (χ0v) is 7.33. The molecule has 0 aliphatic rings. The third-order valence-corrected chi connectivity index (χ3v) is 1.65. The number of hydrogen-bond donors (Lipinski definition) is 3. The van der Waals surface area contributed by atoms with Crippen molar-refractivity contribution < 1.29 is 24.6 Å². The van der Waals surface area contributed by atoms with Gasteiger partial charge in [0.1, 0.15) is 0 Å². The summed E-state index contributed by atoms with van der Waals surface area (Å²) in [5, 5.41) is 19.2. The van der Waals surface area contributed by atoms with E-state index in [0.29, 0.717) is 0 Å². The van der Waals surface area contributed by atoms with Gasteiger partial charge in [0.2, 0.25) is 11.4 Å². The zero-order valence-electron chi connectivity index (χ0n) is 7.33. The van der Waals surface area contributed by atoms with Crippen molar-refractivity contribution in [3.63, 3.8) is 0 Å². The van der Waals surface area contributed by atoms with Crippen LogP contribution >= 0.6 is 0 Å². The second-order valence-corrected chi connectivity index (χ2v) is 2.55. The Balaban J connectivity index is 4.98. The lowest BCUT2D eigenvalue weighted by Crippen LogP contribution is -2.59. The Bertz CT molecular complexity index is 233. The molecule has 0 fully saturated rings. The molecule has 0 heterocycles. The molecule has 0 aliphatic carbocycles. The van der Waals surface area contributed by atoms with E-state index in [1.165, 1.54) is 6.92 Å². The van der Waals surface area contributed by atoms with E-state index in [1.807, 2.05) is 5.32 Å². The van der Waals surface area contributed by atoms with Gasteiger partial charge in [-0.2, -0.15) is 0 Å². The van der Waals surface area contributed by atoms with E-state index < -0.39 is 23.4 Å². The van der Waals surface area contributed by atoms with Crippen molar-refractivity contribution in [1.82, 2.24) is 5.32 Å². The highest BCUT2D eigenvalue weighted by Gasteiger charge is 2.45. The van der Waals surface area contributed by atoms with E-state index >= 15 is 0 Å². The molecule has 0 aliphatic heterocycles. The molecule has 0 radical (unpaired) electrons. The number of amides is 1. The lowest BCUT2D eigenvalue weighted by Gasteiger charge is -2.23. The van der Waals surface area contributed by atoms with Gasteiger partial charge >= 0.3 is 11.9 Å². The third kappa shape index (κ3) is 2.17. The van der Waals surface area contributed by atoms with Crippen LogP contribution in [0, 0.1) is 0 Å². The molecule has 0 saturated carbocycles. The van der Waals surface area contributed by atoms with Gasteiger partial charge in [0.05, 0.1) is 0 Å². The van der Waals surface area contributed by atoms with Crippen LogP contribution in [0.4, 0.5) is 0 Å². The molecule has 0 atom stereocenters. The summed E-state index contributed by atoms with van der Waals surface area (Å²) in [6.07, 6.45) is -0.211. The van der Waals surface area contributed by atoms with Gasteiger partial charge in [-0.1, -0.05) is 6.92 Å². The molecule has 0 aromatic heterocycles. The maximum absolute atomic E-state index is 10.6. The summed E-state index contributed by atoms with van der Waals surface area (Å²) < 4.78 is 0. The molecule has 74 valence electrons. The molecule has 0 rings (SSSR count). The predicted octanol–water partition coefficient (Wildman–Crippen LogP) is -0.559. The summed E-state index contributed by atoms with van der Waals surface area (Å²) >= 11 is 0. The van der Waals surface area contributed by atoms with Gasteiger partial charge in [0.15, 0.2) is 0 Å². The van der Waals surface area contributed by atoms with Crippen LogP contribution in [0.15, 0.2) is 0 Å². The zero-order chi connectivity index (χ0) is 10.6. The van der Waals surface area contributed by atoms with E-state index in [4.69, 9.17) is 10.2 Å². The highest BCUT2D eigenvalue weighted by molar-refractivity contribution is 6.06. The Hall–Kier alpha value is -1.59. The van der Waals surface area contributed by atoms with Crippen LogP contribution in [0.5, 0.6) is 0 Å². The van der Waals surface area contributed by atoms with Gasteiger partial charge in [0, 0.05) is 6.92 Å². The van der Waals surface area contributed by atoms with Crippen LogP contribution in [-0.4, -0.2) is 33.6 Å². The Labute approximate surface area is 74.6 Å². The maximum atomic E-state index is 10.6. The molecule has 6 nitrogen and oxygen atoms in total. The fourth-order valence-electron chi connectivity index (χ4n) is 0.890.